The Bertz CT molecular complexity index is 471. The van der Waals surface area contributed by atoms with Crippen LogP contribution < -0.4 is 5.73 Å². The smallest absolute Gasteiger partial charge is 0.222 e. The van der Waals surface area contributed by atoms with Gasteiger partial charge in [0.2, 0.25) is 5.91 Å². The zero-order chi connectivity index (χ0) is 14.7. The van der Waals surface area contributed by atoms with Crippen LogP contribution >= 0.6 is 0 Å². The number of nitrogens with two attached hydrogens (primary N) is 1. The molecule has 0 spiro atoms. The lowest BCUT2D eigenvalue weighted by Gasteiger charge is -2.17. The van der Waals surface area contributed by atoms with E-state index < -0.39 is 0 Å². The van der Waals surface area contributed by atoms with Gasteiger partial charge in [-0.25, -0.2) is 0 Å². The Balaban J connectivity index is 1.54. The fraction of sp³-hybridized carbons (Fsp3) is 0.588. The number of nitrogens with zero attached hydrogens (tertiary/aromatic N) is 1. The Labute approximate surface area is 126 Å². The molecular formula is C17H24N2O2. The van der Waals surface area contributed by atoms with E-state index in [0.29, 0.717) is 13.0 Å². The van der Waals surface area contributed by atoms with E-state index in [2.05, 4.69) is 12.1 Å². The van der Waals surface area contributed by atoms with E-state index in [1.807, 2.05) is 23.1 Å². The summed E-state index contributed by atoms with van der Waals surface area (Å²) in [6.07, 6.45) is 3.94. The van der Waals surface area contributed by atoms with Crippen LogP contribution in [0.3, 0.4) is 0 Å². The molecule has 114 valence electrons. The van der Waals surface area contributed by atoms with Gasteiger partial charge in [0.1, 0.15) is 0 Å². The van der Waals surface area contributed by atoms with Gasteiger partial charge in [-0.05, 0) is 24.8 Å². The number of amides is 1. The number of rotatable bonds is 4. The number of benzene rings is 1. The minimum atomic E-state index is 0.0408. The van der Waals surface area contributed by atoms with Crippen molar-refractivity contribution in [2.45, 2.75) is 43.7 Å². The Hall–Kier alpha value is -1.39. The molecule has 2 heterocycles. The van der Waals surface area contributed by atoms with Gasteiger partial charge in [-0.1, -0.05) is 30.3 Å². The summed E-state index contributed by atoms with van der Waals surface area (Å²) >= 11 is 0. The molecule has 3 atom stereocenters. The van der Waals surface area contributed by atoms with Crippen molar-refractivity contribution >= 4 is 5.91 Å². The summed E-state index contributed by atoms with van der Waals surface area (Å²) in [5.74, 6) is 0.484. The van der Waals surface area contributed by atoms with Gasteiger partial charge < -0.3 is 15.4 Å². The van der Waals surface area contributed by atoms with Crippen LogP contribution in [0.4, 0.5) is 0 Å². The topological polar surface area (TPSA) is 55.6 Å². The fourth-order valence-corrected chi connectivity index (χ4v) is 3.40. The van der Waals surface area contributed by atoms with Crippen molar-refractivity contribution < 1.29 is 9.53 Å². The van der Waals surface area contributed by atoms with Crippen molar-refractivity contribution in [1.29, 1.82) is 0 Å². The van der Waals surface area contributed by atoms with Crippen molar-refractivity contribution in [3.63, 3.8) is 0 Å². The van der Waals surface area contributed by atoms with Crippen molar-refractivity contribution in [2.75, 3.05) is 19.7 Å². The number of hydrogen-bond acceptors (Lipinski definition) is 3. The number of likely N-dealkylation sites (tertiary alicyclic amines) is 1. The second-order valence-corrected chi connectivity index (χ2v) is 6.15. The van der Waals surface area contributed by atoms with Crippen molar-refractivity contribution in [2.24, 2.45) is 5.73 Å². The summed E-state index contributed by atoms with van der Waals surface area (Å²) in [6, 6.07) is 10.3. The molecule has 0 bridgehead atoms. The lowest BCUT2D eigenvalue weighted by atomic mass is 9.95. The highest BCUT2D eigenvalue weighted by molar-refractivity contribution is 5.76. The van der Waals surface area contributed by atoms with Gasteiger partial charge in [0.15, 0.2) is 0 Å². The van der Waals surface area contributed by atoms with E-state index in [0.717, 1.165) is 32.4 Å². The highest BCUT2D eigenvalue weighted by atomic mass is 16.5. The number of hydrogen-bond donors (Lipinski definition) is 1. The summed E-state index contributed by atoms with van der Waals surface area (Å²) < 4.78 is 5.58. The maximum atomic E-state index is 12.3. The van der Waals surface area contributed by atoms with Gasteiger partial charge in [-0.15, -0.1) is 0 Å². The first-order valence-electron chi connectivity index (χ1n) is 7.94. The maximum absolute atomic E-state index is 12.3. The lowest BCUT2D eigenvalue weighted by Crippen LogP contribution is -2.32. The molecule has 2 aliphatic heterocycles. The van der Waals surface area contributed by atoms with Crippen molar-refractivity contribution in [3.05, 3.63) is 35.9 Å². The summed E-state index contributed by atoms with van der Waals surface area (Å²) in [6.45, 7) is 2.27. The van der Waals surface area contributed by atoms with Gasteiger partial charge >= 0.3 is 0 Å². The second kappa shape index (κ2) is 6.58. The third kappa shape index (κ3) is 3.44. The molecule has 0 aliphatic carbocycles. The summed E-state index contributed by atoms with van der Waals surface area (Å²) in [5.41, 5.74) is 7.47. The Morgan fingerprint density at radius 3 is 2.81 bits per heavy atom. The van der Waals surface area contributed by atoms with E-state index in [9.17, 15) is 4.79 Å². The molecule has 1 aromatic rings. The van der Waals surface area contributed by atoms with E-state index >= 15 is 0 Å². The Kier molecular flexibility index (Phi) is 4.56. The van der Waals surface area contributed by atoms with Gasteiger partial charge in [-0.3, -0.25) is 4.79 Å². The van der Waals surface area contributed by atoms with Crippen LogP contribution in [-0.2, 0) is 9.53 Å². The molecule has 2 saturated heterocycles. The van der Waals surface area contributed by atoms with Gasteiger partial charge in [0.05, 0.1) is 6.10 Å². The van der Waals surface area contributed by atoms with Crippen LogP contribution in [0.1, 0.15) is 37.2 Å². The lowest BCUT2D eigenvalue weighted by molar-refractivity contribution is -0.130. The molecule has 4 nitrogen and oxygen atoms in total. The highest BCUT2D eigenvalue weighted by Crippen LogP contribution is 2.27. The van der Waals surface area contributed by atoms with Crippen LogP contribution in [0.5, 0.6) is 0 Å². The average Bonchev–Trinajstić information content (AvgIpc) is 3.15. The zero-order valence-electron chi connectivity index (χ0n) is 12.4. The average molecular weight is 288 g/mol. The molecule has 1 unspecified atom stereocenters. The van der Waals surface area contributed by atoms with Crippen molar-refractivity contribution in [1.82, 2.24) is 4.90 Å². The standard InChI is InChI=1S/C17H24N2O2/c18-16-12-19(11-15(16)13-5-2-1-3-6-13)17(20)9-8-14-7-4-10-21-14/h1-3,5-6,14-16H,4,7-12,18H2/t14?,15-,16+/m0/s1. The fourth-order valence-electron chi connectivity index (χ4n) is 3.40. The molecular weight excluding hydrogens is 264 g/mol. The molecule has 2 aliphatic rings. The van der Waals surface area contributed by atoms with Crippen LogP contribution in [0.15, 0.2) is 30.3 Å². The van der Waals surface area contributed by atoms with Crippen LogP contribution in [0, 0.1) is 0 Å². The molecule has 4 heteroatoms. The highest BCUT2D eigenvalue weighted by Gasteiger charge is 2.33. The van der Waals surface area contributed by atoms with Gasteiger partial charge in [0, 0.05) is 38.1 Å². The molecule has 3 rings (SSSR count). The third-order valence-electron chi connectivity index (χ3n) is 4.65. The monoisotopic (exact) mass is 288 g/mol. The molecule has 21 heavy (non-hydrogen) atoms. The normalized spacial score (nSPS) is 29.0. The number of carbonyl (C=O) groups excluding carboxylic acids is 1. The van der Waals surface area contributed by atoms with Gasteiger partial charge in [0.25, 0.3) is 0 Å². The third-order valence-corrected chi connectivity index (χ3v) is 4.65. The Morgan fingerprint density at radius 2 is 2.10 bits per heavy atom. The zero-order valence-corrected chi connectivity index (χ0v) is 12.4. The SMILES string of the molecule is N[C@@H]1CN(C(=O)CCC2CCCO2)C[C@H]1c1ccccc1. The second-order valence-electron chi connectivity index (χ2n) is 6.15. The minimum Gasteiger partial charge on any atom is -0.378 e. The number of carbonyl (C=O) groups is 1. The van der Waals surface area contributed by atoms with Crippen LogP contribution in [-0.4, -0.2) is 42.6 Å². The number of ether oxygens (including phenoxy) is 1. The molecule has 1 aromatic carbocycles. The van der Waals surface area contributed by atoms with Crippen LogP contribution in [0.2, 0.25) is 0 Å². The first-order chi connectivity index (χ1) is 10.2. The molecule has 2 fully saturated rings. The summed E-state index contributed by atoms with van der Waals surface area (Å²) in [7, 11) is 0. The summed E-state index contributed by atoms with van der Waals surface area (Å²) in [5, 5.41) is 0. The molecule has 0 aromatic heterocycles. The van der Waals surface area contributed by atoms with E-state index in [4.69, 9.17) is 10.5 Å². The Morgan fingerprint density at radius 1 is 1.29 bits per heavy atom. The predicted octanol–water partition coefficient (Wildman–Crippen LogP) is 1.90. The van der Waals surface area contributed by atoms with Crippen molar-refractivity contribution in [3.8, 4) is 0 Å². The van der Waals surface area contributed by atoms with Crippen LogP contribution in [0.25, 0.3) is 0 Å². The van der Waals surface area contributed by atoms with Gasteiger partial charge in [-0.2, -0.15) is 0 Å². The molecule has 1 amide bonds. The molecule has 2 N–H and O–H groups in total. The predicted molar refractivity (Wildman–Crippen MR) is 81.9 cm³/mol. The molecule has 0 saturated carbocycles. The minimum absolute atomic E-state index is 0.0408. The quantitative estimate of drug-likeness (QED) is 0.920. The largest absolute Gasteiger partial charge is 0.378 e. The summed E-state index contributed by atoms with van der Waals surface area (Å²) in [4.78, 5) is 14.3. The van der Waals surface area contributed by atoms with E-state index in [-0.39, 0.29) is 24.0 Å². The van der Waals surface area contributed by atoms with E-state index in [1.165, 1.54) is 5.56 Å². The van der Waals surface area contributed by atoms with E-state index in [1.54, 1.807) is 0 Å². The first-order valence-corrected chi connectivity index (χ1v) is 7.94. The maximum Gasteiger partial charge on any atom is 0.222 e. The molecule has 0 radical (unpaired) electrons. The first kappa shape index (κ1) is 14.5.